The zero-order valence-corrected chi connectivity index (χ0v) is 14.3. The van der Waals surface area contributed by atoms with Crippen molar-refractivity contribution < 1.29 is 13.7 Å². The van der Waals surface area contributed by atoms with Crippen molar-refractivity contribution >= 4 is 29.0 Å². The molecule has 0 saturated carbocycles. The minimum Gasteiger partial charge on any atom is -0.465 e. The number of carbonyl (C=O) groups is 1. The fourth-order valence-electron chi connectivity index (χ4n) is 2.34. The Balaban J connectivity index is 1.56. The van der Waals surface area contributed by atoms with E-state index in [1.54, 1.807) is 30.5 Å². The molecule has 4 rings (SSSR count). The maximum atomic E-state index is 12.2. The molecule has 3 heterocycles. The molecular formula is C19H13N3O3S. The highest BCUT2D eigenvalue weighted by atomic mass is 32.1. The zero-order valence-electron chi connectivity index (χ0n) is 13.5. The van der Waals surface area contributed by atoms with Gasteiger partial charge in [-0.15, -0.1) is 11.3 Å². The third-order valence-corrected chi connectivity index (χ3v) is 4.39. The molecule has 0 aliphatic rings. The summed E-state index contributed by atoms with van der Waals surface area (Å²) >= 11 is 1.53. The standard InChI is InChI=1S/C19H13N3O3S/c23-17(10-9-13-5-3-11-24-13)20-15-7-2-1-6-14(15)19-21-18(22-25-19)16-8-4-12-26-16/h1-12H,(H,20,23). The molecule has 6 nitrogen and oxygen atoms in total. The lowest BCUT2D eigenvalue weighted by Crippen LogP contribution is -2.08. The Morgan fingerprint density at radius 1 is 1.12 bits per heavy atom. The quantitative estimate of drug-likeness (QED) is 0.519. The number of nitrogens with zero attached hydrogens (tertiary/aromatic N) is 2. The monoisotopic (exact) mass is 363 g/mol. The van der Waals surface area contributed by atoms with Gasteiger partial charge in [-0.3, -0.25) is 4.79 Å². The zero-order chi connectivity index (χ0) is 17.8. The van der Waals surface area contributed by atoms with E-state index in [0.29, 0.717) is 28.7 Å². The van der Waals surface area contributed by atoms with Crippen LogP contribution >= 0.6 is 11.3 Å². The number of hydrogen-bond donors (Lipinski definition) is 1. The molecule has 0 unspecified atom stereocenters. The van der Waals surface area contributed by atoms with Gasteiger partial charge in [0.15, 0.2) is 0 Å². The topological polar surface area (TPSA) is 81.2 Å². The van der Waals surface area contributed by atoms with Crippen LogP contribution in [0.3, 0.4) is 0 Å². The van der Waals surface area contributed by atoms with Crippen LogP contribution in [0.25, 0.3) is 28.2 Å². The molecule has 0 saturated heterocycles. The highest BCUT2D eigenvalue weighted by molar-refractivity contribution is 7.13. The first-order valence-corrected chi connectivity index (χ1v) is 8.67. The van der Waals surface area contributed by atoms with Crippen LogP contribution in [0.2, 0.25) is 0 Å². The van der Waals surface area contributed by atoms with Gasteiger partial charge in [0, 0.05) is 6.08 Å². The Hall–Kier alpha value is -3.45. The van der Waals surface area contributed by atoms with Crippen molar-refractivity contribution in [1.29, 1.82) is 0 Å². The van der Waals surface area contributed by atoms with Crippen LogP contribution in [0, 0.1) is 0 Å². The highest BCUT2D eigenvalue weighted by Crippen LogP contribution is 2.29. The third-order valence-electron chi connectivity index (χ3n) is 3.53. The third kappa shape index (κ3) is 3.47. The number of anilines is 1. The maximum Gasteiger partial charge on any atom is 0.260 e. The Morgan fingerprint density at radius 2 is 2.04 bits per heavy atom. The maximum absolute atomic E-state index is 12.2. The van der Waals surface area contributed by atoms with Crippen molar-refractivity contribution in [3.8, 4) is 22.2 Å². The molecule has 0 fully saturated rings. The van der Waals surface area contributed by atoms with E-state index in [2.05, 4.69) is 15.5 Å². The minimum atomic E-state index is -0.285. The Bertz CT molecular complexity index is 1030. The van der Waals surface area contributed by atoms with E-state index in [4.69, 9.17) is 8.94 Å². The number of hydrogen-bond acceptors (Lipinski definition) is 6. The number of para-hydroxylation sites is 1. The van der Waals surface area contributed by atoms with Crippen molar-refractivity contribution in [3.05, 3.63) is 72.0 Å². The lowest BCUT2D eigenvalue weighted by molar-refractivity contribution is -0.111. The van der Waals surface area contributed by atoms with Gasteiger partial charge in [-0.25, -0.2) is 0 Å². The van der Waals surface area contributed by atoms with Crippen molar-refractivity contribution in [2.45, 2.75) is 0 Å². The molecule has 26 heavy (non-hydrogen) atoms. The molecule has 3 aromatic heterocycles. The average molecular weight is 363 g/mol. The summed E-state index contributed by atoms with van der Waals surface area (Å²) in [7, 11) is 0. The first kappa shape index (κ1) is 16.0. The second kappa shape index (κ2) is 7.20. The molecule has 0 aliphatic heterocycles. The number of benzene rings is 1. The predicted octanol–water partition coefficient (Wildman–Crippen LogP) is 4.71. The Kier molecular flexibility index (Phi) is 4.44. The van der Waals surface area contributed by atoms with E-state index in [1.165, 1.54) is 17.4 Å². The van der Waals surface area contributed by atoms with Gasteiger partial charge in [0.05, 0.1) is 22.4 Å². The van der Waals surface area contributed by atoms with E-state index in [1.807, 2.05) is 35.7 Å². The predicted molar refractivity (Wildman–Crippen MR) is 99.4 cm³/mol. The number of rotatable bonds is 5. The molecule has 0 atom stereocenters. The number of furan rings is 1. The second-order valence-corrected chi connectivity index (χ2v) is 6.23. The summed E-state index contributed by atoms with van der Waals surface area (Å²) in [6.45, 7) is 0. The van der Waals surface area contributed by atoms with E-state index in [9.17, 15) is 4.79 Å². The van der Waals surface area contributed by atoms with Gasteiger partial charge in [-0.05, 0) is 41.8 Å². The van der Waals surface area contributed by atoms with Crippen LogP contribution < -0.4 is 5.32 Å². The molecule has 1 amide bonds. The van der Waals surface area contributed by atoms with Gasteiger partial charge < -0.3 is 14.3 Å². The average Bonchev–Trinajstić information content (AvgIpc) is 3.42. The molecule has 4 aromatic rings. The SMILES string of the molecule is O=C(C=Cc1ccco1)Nc1ccccc1-c1nc(-c2cccs2)no1. The summed E-state index contributed by atoms with van der Waals surface area (Å²) in [4.78, 5) is 17.5. The van der Waals surface area contributed by atoms with Crippen LogP contribution in [0.4, 0.5) is 5.69 Å². The van der Waals surface area contributed by atoms with Gasteiger partial charge in [-0.1, -0.05) is 23.4 Å². The minimum absolute atomic E-state index is 0.285. The molecule has 0 radical (unpaired) electrons. The fourth-order valence-corrected chi connectivity index (χ4v) is 2.98. The van der Waals surface area contributed by atoms with Gasteiger partial charge >= 0.3 is 0 Å². The van der Waals surface area contributed by atoms with Crippen molar-refractivity contribution in [2.24, 2.45) is 0 Å². The smallest absolute Gasteiger partial charge is 0.260 e. The van der Waals surface area contributed by atoms with E-state index in [-0.39, 0.29) is 5.91 Å². The van der Waals surface area contributed by atoms with Crippen LogP contribution in [-0.4, -0.2) is 16.0 Å². The lowest BCUT2D eigenvalue weighted by atomic mass is 10.1. The summed E-state index contributed by atoms with van der Waals surface area (Å²) < 4.78 is 10.5. The first-order chi connectivity index (χ1) is 12.8. The van der Waals surface area contributed by atoms with Gasteiger partial charge in [0.1, 0.15) is 5.76 Å². The summed E-state index contributed by atoms with van der Waals surface area (Å²) in [6.07, 6.45) is 4.55. The van der Waals surface area contributed by atoms with Crippen molar-refractivity contribution in [1.82, 2.24) is 10.1 Å². The molecule has 1 aromatic carbocycles. The highest BCUT2D eigenvalue weighted by Gasteiger charge is 2.15. The van der Waals surface area contributed by atoms with Gasteiger partial charge in [0.2, 0.25) is 11.7 Å². The summed E-state index contributed by atoms with van der Waals surface area (Å²) in [6, 6.07) is 14.6. The van der Waals surface area contributed by atoms with Crippen LogP contribution in [0.1, 0.15) is 5.76 Å². The molecule has 0 aliphatic carbocycles. The summed E-state index contributed by atoms with van der Waals surface area (Å²) in [5.74, 6) is 1.19. The van der Waals surface area contributed by atoms with Crippen LogP contribution in [0.15, 0.2) is 75.2 Å². The van der Waals surface area contributed by atoms with E-state index < -0.39 is 0 Å². The normalized spacial score (nSPS) is 11.1. The van der Waals surface area contributed by atoms with Crippen molar-refractivity contribution in [2.75, 3.05) is 5.32 Å². The van der Waals surface area contributed by atoms with Gasteiger partial charge in [-0.2, -0.15) is 4.98 Å². The van der Waals surface area contributed by atoms with Crippen molar-refractivity contribution in [3.63, 3.8) is 0 Å². The number of amides is 1. The number of nitrogens with one attached hydrogen (secondary N) is 1. The molecular weight excluding hydrogens is 350 g/mol. The summed E-state index contributed by atoms with van der Waals surface area (Å²) in [5, 5.41) is 8.78. The largest absolute Gasteiger partial charge is 0.465 e. The fraction of sp³-hybridized carbons (Fsp3) is 0. The first-order valence-electron chi connectivity index (χ1n) is 7.79. The van der Waals surface area contributed by atoms with E-state index >= 15 is 0 Å². The second-order valence-electron chi connectivity index (χ2n) is 5.28. The Morgan fingerprint density at radius 3 is 2.85 bits per heavy atom. The molecule has 128 valence electrons. The molecule has 0 spiro atoms. The molecule has 7 heteroatoms. The number of aromatic nitrogens is 2. The lowest BCUT2D eigenvalue weighted by Gasteiger charge is -2.06. The van der Waals surface area contributed by atoms with Crippen LogP contribution in [0.5, 0.6) is 0 Å². The number of thiophene rings is 1. The number of carbonyl (C=O) groups excluding carboxylic acids is 1. The van der Waals surface area contributed by atoms with Crippen LogP contribution in [-0.2, 0) is 4.79 Å². The Labute approximate surface area is 152 Å². The van der Waals surface area contributed by atoms with E-state index in [0.717, 1.165) is 4.88 Å². The molecule has 1 N–H and O–H groups in total. The summed E-state index contributed by atoms with van der Waals surface area (Å²) in [5.41, 5.74) is 1.24. The van der Waals surface area contributed by atoms with Gasteiger partial charge in [0.25, 0.3) is 5.89 Å². The molecule has 0 bridgehead atoms.